The van der Waals surface area contributed by atoms with E-state index < -0.39 is 0 Å². The fraction of sp³-hybridized carbons (Fsp3) is 0.368. The van der Waals surface area contributed by atoms with E-state index in [1.807, 2.05) is 48.1 Å². The molecule has 1 amide bonds. The predicted octanol–water partition coefficient (Wildman–Crippen LogP) is 2.30. The number of benzene rings is 1. The Morgan fingerprint density at radius 1 is 1.29 bits per heavy atom. The molecule has 0 saturated carbocycles. The van der Waals surface area contributed by atoms with Gasteiger partial charge in [-0.3, -0.25) is 4.79 Å². The lowest BCUT2D eigenvalue weighted by atomic mass is 10.1. The lowest BCUT2D eigenvalue weighted by Crippen LogP contribution is -2.29. The first-order valence-corrected chi connectivity index (χ1v) is 9.24. The molecule has 1 aromatic carbocycles. The molecular weight excluding hydrogens is 378 g/mol. The van der Waals surface area contributed by atoms with Crippen LogP contribution in [-0.2, 0) is 0 Å². The highest BCUT2D eigenvalue weighted by Crippen LogP contribution is 2.19. The summed E-state index contributed by atoms with van der Waals surface area (Å²) in [6.07, 6.45) is 7.38. The first-order chi connectivity index (χ1) is 13.2. The van der Waals surface area contributed by atoms with Crippen molar-refractivity contribution in [2.24, 2.45) is 0 Å². The Bertz CT molecular complexity index is 903. The van der Waals surface area contributed by atoms with Crippen molar-refractivity contribution < 1.29 is 4.79 Å². The van der Waals surface area contributed by atoms with Crippen molar-refractivity contribution in [3.8, 4) is 5.69 Å². The monoisotopic (exact) mass is 401 g/mol. The molecule has 0 bridgehead atoms. The van der Waals surface area contributed by atoms with Crippen LogP contribution in [0.25, 0.3) is 5.69 Å². The van der Waals surface area contributed by atoms with Crippen LogP contribution in [0.5, 0.6) is 0 Å². The molecule has 4 rings (SSSR count). The fourth-order valence-electron chi connectivity index (χ4n) is 3.34. The van der Waals surface area contributed by atoms with Gasteiger partial charge in [-0.1, -0.05) is 17.3 Å². The van der Waals surface area contributed by atoms with Crippen LogP contribution < -0.4 is 10.6 Å². The first kappa shape index (κ1) is 20.0. The van der Waals surface area contributed by atoms with Crippen LogP contribution in [0, 0.1) is 0 Å². The van der Waals surface area contributed by atoms with Gasteiger partial charge in [-0.15, -0.1) is 17.5 Å². The molecule has 3 heterocycles. The maximum atomic E-state index is 12.6. The minimum Gasteiger partial charge on any atom is -0.344 e. The van der Waals surface area contributed by atoms with Crippen molar-refractivity contribution in [2.45, 2.75) is 31.8 Å². The molecule has 9 heteroatoms. The average molecular weight is 402 g/mol. The minimum absolute atomic E-state index is 0. The molecule has 2 aromatic heterocycles. The molecule has 0 radical (unpaired) electrons. The summed E-state index contributed by atoms with van der Waals surface area (Å²) >= 11 is 0. The lowest BCUT2D eigenvalue weighted by molar-refractivity contribution is 0.0934. The maximum absolute atomic E-state index is 12.6. The van der Waals surface area contributed by atoms with Crippen LogP contribution in [0.2, 0.25) is 0 Å². The summed E-state index contributed by atoms with van der Waals surface area (Å²) < 4.78 is 3.61. The third-order valence-electron chi connectivity index (χ3n) is 4.91. The third-order valence-corrected chi connectivity index (χ3v) is 4.91. The molecule has 148 valence electrons. The number of aromatic nitrogens is 5. The smallest absolute Gasteiger partial charge is 0.273 e. The Morgan fingerprint density at radius 2 is 2.11 bits per heavy atom. The summed E-state index contributed by atoms with van der Waals surface area (Å²) in [5.74, 6) is -0.216. The van der Waals surface area contributed by atoms with Crippen molar-refractivity contribution in [3.05, 3.63) is 60.2 Å². The number of nitrogens with zero attached hydrogens (tertiary/aromatic N) is 5. The second-order valence-electron chi connectivity index (χ2n) is 6.81. The first-order valence-electron chi connectivity index (χ1n) is 9.24. The summed E-state index contributed by atoms with van der Waals surface area (Å²) in [7, 11) is 0. The molecule has 0 spiro atoms. The van der Waals surface area contributed by atoms with Crippen molar-refractivity contribution in [3.63, 3.8) is 0 Å². The van der Waals surface area contributed by atoms with Crippen LogP contribution in [-0.4, -0.2) is 43.8 Å². The van der Waals surface area contributed by atoms with Gasteiger partial charge in [0.05, 0.1) is 24.0 Å². The van der Waals surface area contributed by atoms with Gasteiger partial charge in [-0.25, -0.2) is 9.36 Å². The van der Waals surface area contributed by atoms with Crippen LogP contribution in [0.4, 0.5) is 0 Å². The Hall–Kier alpha value is -2.71. The number of hydrogen-bond donors (Lipinski definition) is 2. The van der Waals surface area contributed by atoms with E-state index in [0.717, 1.165) is 37.2 Å². The number of piperidine rings is 1. The second kappa shape index (κ2) is 8.99. The molecule has 8 nitrogen and oxygen atoms in total. The largest absolute Gasteiger partial charge is 0.344 e. The zero-order valence-corrected chi connectivity index (χ0v) is 16.5. The lowest BCUT2D eigenvalue weighted by Gasteiger charge is -2.22. The van der Waals surface area contributed by atoms with Crippen LogP contribution in [0.1, 0.15) is 47.9 Å². The fourth-order valence-corrected chi connectivity index (χ4v) is 3.34. The average Bonchev–Trinajstić information content (AvgIpc) is 3.41. The van der Waals surface area contributed by atoms with Gasteiger partial charge in [-0.05, 0) is 56.6 Å². The predicted molar refractivity (Wildman–Crippen MR) is 108 cm³/mol. The molecule has 1 fully saturated rings. The van der Waals surface area contributed by atoms with E-state index >= 15 is 0 Å². The Morgan fingerprint density at radius 3 is 2.86 bits per heavy atom. The quantitative estimate of drug-likeness (QED) is 0.684. The van der Waals surface area contributed by atoms with E-state index in [9.17, 15) is 4.79 Å². The van der Waals surface area contributed by atoms with Crippen molar-refractivity contribution in [1.82, 2.24) is 35.4 Å². The second-order valence-corrected chi connectivity index (χ2v) is 6.81. The highest BCUT2D eigenvalue weighted by molar-refractivity contribution is 5.92. The van der Waals surface area contributed by atoms with Crippen LogP contribution >= 0.6 is 12.4 Å². The zero-order chi connectivity index (χ0) is 18.6. The number of amides is 1. The topological polar surface area (TPSA) is 89.7 Å². The van der Waals surface area contributed by atoms with E-state index in [1.165, 1.54) is 0 Å². The molecule has 1 unspecified atom stereocenters. The van der Waals surface area contributed by atoms with Crippen LogP contribution in [0.15, 0.2) is 48.9 Å². The molecule has 1 aliphatic heterocycles. The number of hydrogen-bond acceptors (Lipinski definition) is 5. The molecular formula is C19H24ClN7O. The Balaban J connectivity index is 0.00000225. The number of nitrogens with one attached hydrogen (secondary N) is 2. The van der Waals surface area contributed by atoms with Gasteiger partial charge in [0.1, 0.15) is 0 Å². The summed E-state index contributed by atoms with van der Waals surface area (Å²) in [6.45, 7) is 3.89. The van der Waals surface area contributed by atoms with Crippen LogP contribution in [0.3, 0.4) is 0 Å². The SMILES string of the molecule is CC(NC(=O)c1cn(C2CCNCC2)nn1)c1cccc(-n2cccn2)c1.Cl. The minimum atomic E-state index is -0.216. The molecule has 1 atom stereocenters. The number of carbonyl (C=O) groups is 1. The van der Waals surface area contributed by atoms with Gasteiger partial charge in [-0.2, -0.15) is 5.10 Å². The Kier molecular flexibility index (Phi) is 6.43. The molecule has 3 aromatic rings. The summed E-state index contributed by atoms with van der Waals surface area (Å²) in [5.41, 5.74) is 2.31. The van der Waals surface area contributed by atoms with Gasteiger partial charge >= 0.3 is 0 Å². The molecule has 1 aliphatic rings. The number of carbonyl (C=O) groups excluding carboxylic acids is 1. The molecule has 1 saturated heterocycles. The maximum Gasteiger partial charge on any atom is 0.273 e. The van der Waals surface area contributed by atoms with E-state index in [4.69, 9.17) is 0 Å². The molecule has 0 aliphatic carbocycles. The Labute approximate surface area is 169 Å². The van der Waals surface area contributed by atoms with E-state index in [0.29, 0.717) is 11.7 Å². The van der Waals surface area contributed by atoms with Crippen molar-refractivity contribution in [2.75, 3.05) is 13.1 Å². The standard InChI is InChI=1S/C19H23N7O.ClH/c1-14(15-4-2-5-17(12-15)25-11-3-8-21-25)22-19(27)18-13-26(24-23-18)16-6-9-20-10-7-16;/h2-5,8,11-14,16,20H,6-7,9-10H2,1H3,(H,22,27);1H. The van der Waals surface area contributed by atoms with Gasteiger partial charge in [0.15, 0.2) is 5.69 Å². The van der Waals surface area contributed by atoms with Gasteiger partial charge in [0.25, 0.3) is 5.91 Å². The summed E-state index contributed by atoms with van der Waals surface area (Å²) in [5, 5.41) is 18.8. The summed E-state index contributed by atoms with van der Waals surface area (Å²) in [6, 6.07) is 9.98. The van der Waals surface area contributed by atoms with E-state index in [1.54, 1.807) is 17.1 Å². The zero-order valence-electron chi connectivity index (χ0n) is 15.7. The normalized spacial score (nSPS) is 15.6. The van der Waals surface area contributed by atoms with E-state index in [-0.39, 0.29) is 24.4 Å². The van der Waals surface area contributed by atoms with Crippen molar-refractivity contribution in [1.29, 1.82) is 0 Å². The third kappa shape index (κ3) is 4.40. The highest BCUT2D eigenvalue weighted by Gasteiger charge is 2.20. The van der Waals surface area contributed by atoms with Gasteiger partial charge < -0.3 is 10.6 Å². The number of rotatable bonds is 5. The van der Waals surface area contributed by atoms with Gasteiger partial charge in [0, 0.05) is 12.4 Å². The highest BCUT2D eigenvalue weighted by atomic mass is 35.5. The summed E-state index contributed by atoms with van der Waals surface area (Å²) in [4.78, 5) is 12.6. The van der Waals surface area contributed by atoms with Crippen molar-refractivity contribution >= 4 is 18.3 Å². The van der Waals surface area contributed by atoms with E-state index in [2.05, 4.69) is 26.0 Å². The number of halogens is 1. The van der Waals surface area contributed by atoms with Gasteiger partial charge in [0.2, 0.25) is 0 Å². The molecule has 2 N–H and O–H groups in total. The molecule has 28 heavy (non-hydrogen) atoms.